The Kier molecular flexibility index (Phi) is 12.5. The number of carbonyl (C=O) groups excluding carboxylic acids is 2. The number of aryl methyl sites for hydroxylation is 1. The molecule has 40 heavy (non-hydrogen) atoms. The van der Waals surface area contributed by atoms with Crippen molar-refractivity contribution in [1.29, 1.82) is 0 Å². The number of hydrogen-bond donors (Lipinski definition) is 2. The third-order valence-electron chi connectivity index (χ3n) is 5.38. The Morgan fingerprint density at radius 1 is 1.18 bits per heavy atom. The summed E-state index contributed by atoms with van der Waals surface area (Å²) in [5.74, 6) is 1.38. The van der Waals surface area contributed by atoms with Gasteiger partial charge >= 0.3 is 12.2 Å². The van der Waals surface area contributed by atoms with Crippen LogP contribution in [0.5, 0.6) is 5.75 Å². The molecule has 2 N–H and O–H groups in total. The molecule has 0 aliphatic carbocycles. The predicted molar refractivity (Wildman–Crippen MR) is 160 cm³/mol. The van der Waals surface area contributed by atoms with Crippen LogP contribution in [0.1, 0.15) is 33.0 Å². The number of aromatic nitrogens is 2. The van der Waals surface area contributed by atoms with Gasteiger partial charge in [0.2, 0.25) is 0 Å². The van der Waals surface area contributed by atoms with Crippen molar-refractivity contribution in [2.75, 3.05) is 25.6 Å². The van der Waals surface area contributed by atoms with Crippen molar-refractivity contribution in [2.24, 2.45) is 0 Å². The average Bonchev–Trinajstić information content (AvgIpc) is 3.26. The minimum atomic E-state index is -1.22. The van der Waals surface area contributed by atoms with Gasteiger partial charge in [-0.3, -0.25) is 10.6 Å². The second-order valence-corrected chi connectivity index (χ2v) is 17.0. The molecule has 0 aliphatic heterocycles. The van der Waals surface area contributed by atoms with Crippen LogP contribution in [0.4, 0.5) is 15.3 Å². The Bertz CT molecular complexity index is 1160. The summed E-state index contributed by atoms with van der Waals surface area (Å²) in [7, 11) is 0.0884. The Balaban J connectivity index is 2.25. The van der Waals surface area contributed by atoms with E-state index in [4.69, 9.17) is 23.9 Å². The highest BCUT2D eigenvalue weighted by Crippen LogP contribution is 2.33. The van der Waals surface area contributed by atoms with E-state index in [0.29, 0.717) is 43.3 Å². The van der Waals surface area contributed by atoms with Crippen molar-refractivity contribution in [2.45, 2.75) is 71.6 Å². The number of allylic oxidation sites excluding steroid dienone is 1. The summed E-state index contributed by atoms with van der Waals surface area (Å²) in [6.07, 6.45) is 7.23. The summed E-state index contributed by atoms with van der Waals surface area (Å²) in [6.45, 7) is 17.5. The second-order valence-electron chi connectivity index (χ2n) is 11.4. The maximum atomic E-state index is 11.9. The molecule has 0 atom stereocenters. The Morgan fingerprint density at radius 3 is 2.58 bits per heavy atom. The van der Waals surface area contributed by atoms with Crippen molar-refractivity contribution >= 4 is 25.9 Å². The van der Waals surface area contributed by atoms with E-state index in [9.17, 15) is 9.59 Å². The van der Waals surface area contributed by atoms with E-state index in [1.54, 1.807) is 24.4 Å². The molecule has 0 radical (unpaired) electrons. The van der Waals surface area contributed by atoms with Crippen LogP contribution < -0.4 is 15.4 Å². The highest BCUT2D eigenvalue weighted by Gasteiger charge is 2.17. The fourth-order valence-corrected chi connectivity index (χ4v) is 4.17. The molecule has 0 fully saturated rings. The summed E-state index contributed by atoms with van der Waals surface area (Å²) in [4.78, 5) is 28.4. The highest BCUT2D eigenvalue weighted by molar-refractivity contribution is 6.76. The summed E-state index contributed by atoms with van der Waals surface area (Å²) < 4.78 is 23.9. The van der Waals surface area contributed by atoms with Gasteiger partial charge in [-0.1, -0.05) is 38.4 Å². The number of rotatable bonds is 14. The first-order valence-corrected chi connectivity index (χ1v) is 17.0. The lowest BCUT2D eigenvalue weighted by Gasteiger charge is -2.18. The van der Waals surface area contributed by atoms with Crippen molar-refractivity contribution in [1.82, 2.24) is 14.9 Å². The molecular weight excluding hydrogens is 528 g/mol. The van der Waals surface area contributed by atoms with Gasteiger partial charge in [-0.25, -0.2) is 14.6 Å². The number of benzene rings is 1. The number of anilines is 1. The fraction of sp³-hybridized carbons (Fsp3) is 0.483. The first-order chi connectivity index (χ1) is 18.8. The van der Waals surface area contributed by atoms with Crippen LogP contribution in [0.15, 0.2) is 49.3 Å². The second kappa shape index (κ2) is 15.3. The van der Waals surface area contributed by atoms with E-state index in [2.05, 4.69) is 36.9 Å². The number of nitrogens with one attached hydrogen (secondary N) is 2. The van der Waals surface area contributed by atoms with Gasteiger partial charge in [0.05, 0.1) is 12.8 Å². The van der Waals surface area contributed by atoms with E-state index in [0.717, 1.165) is 17.4 Å². The summed E-state index contributed by atoms with van der Waals surface area (Å²) >= 11 is 0. The van der Waals surface area contributed by atoms with Gasteiger partial charge in [-0.2, -0.15) is 0 Å². The number of imidazole rings is 1. The minimum Gasteiger partial charge on any atom is -0.489 e. The lowest BCUT2D eigenvalue weighted by Crippen LogP contribution is -2.29. The molecule has 0 aliphatic rings. The maximum absolute atomic E-state index is 11.9. The third kappa shape index (κ3) is 12.1. The summed E-state index contributed by atoms with van der Waals surface area (Å²) in [6, 6.07) is 6.40. The predicted octanol–water partition coefficient (Wildman–Crippen LogP) is 6.58. The first kappa shape index (κ1) is 32.6. The van der Waals surface area contributed by atoms with Crippen molar-refractivity contribution in [3.63, 3.8) is 0 Å². The van der Waals surface area contributed by atoms with Crippen LogP contribution in [0.2, 0.25) is 25.7 Å². The molecule has 1 aromatic carbocycles. The first-order valence-electron chi connectivity index (χ1n) is 13.3. The molecule has 220 valence electrons. The smallest absolute Gasteiger partial charge is 0.411 e. The third-order valence-corrected chi connectivity index (χ3v) is 7.09. The van der Waals surface area contributed by atoms with Gasteiger partial charge in [0.1, 0.15) is 30.5 Å². The van der Waals surface area contributed by atoms with Gasteiger partial charge in [0.15, 0.2) is 0 Å². The Morgan fingerprint density at radius 2 is 1.93 bits per heavy atom. The average molecular weight is 573 g/mol. The molecule has 2 amide bonds. The van der Waals surface area contributed by atoms with E-state index in [1.165, 1.54) is 7.11 Å². The standard InChI is InChI=1S/C29H44N4O6Si/c1-9-16-38-25-19-22(31-28(35)36-5)13-14-23(25)24-20-33(21-37-17-18-40(6,7)8)26(32-24)12-10-11-15-30-27(34)39-29(2,3)4/h9,11,13-15,19-20H,1,10,12,16-18,21H2,2-8H3,(H,30,34)(H,31,35). The normalized spacial score (nSPS) is 11.8. The molecule has 0 spiro atoms. The van der Waals surface area contributed by atoms with Crippen molar-refractivity contribution in [3.8, 4) is 17.0 Å². The molecule has 0 unspecified atom stereocenters. The van der Waals surface area contributed by atoms with Gasteiger partial charge < -0.3 is 23.5 Å². The number of alkyl carbamates (subject to hydrolysis) is 1. The molecule has 2 aromatic rings. The zero-order valence-electron chi connectivity index (χ0n) is 24.8. The number of ether oxygens (including phenoxy) is 4. The van der Waals surface area contributed by atoms with Crippen LogP contribution in [0.3, 0.4) is 0 Å². The topological polar surface area (TPSA) is 113 Å². The van der Waals surface area contributed by atoms with Crippen LogP contribution >= 0.6 is 0 Å². The molecule has 0 saturated carbocycles. The van der Waals surface area contributed by atoms with E-state index in [-0.39, 0.29) is 6.61 Å². The molecule has 0 bridgehead atoms. The molecular formula is C29H44N4O6Si. The van der Waals surface area contributed by atoms with Gasteiger partial charge in [-0.05, 0) is 45.4 Å². The quantitative estimate of drug-likeness (QED) is 0.149. The number of nitrogens with zero attached hydrogens (tertiary/aromatic N) is 2. The molecule has 1 heterocycles. The maximum Gasteiger partial charge on any atom is 0.411 e. The zero-order valence-corrected chi connectivity index (χ0v) is 25.8. The largest absolute Gasteiger partial charge is 0.489 e. The van der Waals surface area contributed by atoms with Crippen molar-refractivity contribution < 1.29 is 28.5 Å². The lowest BCUT2D eigenvalue weighted by atomic mass is 10.1. The van der Waals surface area contributed by atoms with Crippen LogP contribution in [-0.4, -0.2) is 55.7 Å². The minimum absolute atomic E-state index is 0.289. The molecule has 11 heteroatoms. The van der Waals surface area contributed by atoms with E-state index < -0.39 is 25.9 Å². The van der Waals surface area contributed by atoms with E-state index >= 15 is 0 Å². The lowest BCUT2D eigenvalue weighted by molar-refractivity contribution is 0.0552. The Labute approximate surface area is 238 Å². The fourth-order valence-electron chi connectivity index (χ4n) is 3.42. The van der Waals surface area contributed by atoms with Gasteiger partial charge in [0, 0.05) is 50.8 Å². The SMILES string of the molecule is C=CCOc1cc(NC(=O)OC)ccc1-c1cn(COCC[Si](C)(C)C)c(CCC=CNC(=O)OC(C)(C)C)n1. The highest BCUT2D eigenvalue weighted by atomic mass is 28.3. The molecule has 0 saturated heterocycles. The molecule has 1 aromatic heterocycles. The van der Waals surface area contributed by atoms with Gasteiger partial charge in [0.25, 0.3) is 0 Å². The molecule has 10 nitrogen and oxygen atoms in total. The van der Waals surface area contributed by atoms with Crippen LogP contribution in [0.25, 0.3) is 11.3 Å². The number of carbonyl (C=O) groups is 2. The molecule has 2 rings (SSSR count). The van der Waals surface area contributed by atoms with Gasteiger partial charge in [-0.15, -0.1) is 0 Å². The summed E-state index contributed by atoms with van der Waals surface area (Å²) in [5, 5.41) is 5.28. The summed E-state index contributed by atoms with van der Waals surface area (Å²) in [5.41, 5.74) is 1.45. The van der Waals surface area contributed by atoms with Crippen LogP contribution in [0, 0.1) is 0 Å². The Hall–Kier alpha value is -3.57. The zero-order chi connectivity index (χ0) is 29.8. The van der Waals surface area contributed by atoms with Crippen LogP contribution in [-0.2, 0) is 27.4 Å². The number of hydrogen-bond acceptors (Lipinski definition) is 7. The van der Waals surface area contributed by atoms with E-state index in [1.807, 2.05) is 43.7 Å². The van der Waals surface area contributed by atoms with Crippen molar-refractivity contribution in [3.05, 3.63) is 55.2 Å². The number of amides is 2. The number of methoxy groups -OCH3 is 1. The monoisotopic (exact) mass is 572 g/mol.